The molecule has 0 fully saturated rings. The van der Waals surface area contributed by atoms with Crippen LogP contribution in [0.15, 0.2) is 78.9 Å². The first-order valence-corrected chi connectivity index (χ1v) is 11.1. The fourth-order valence-electron chi connectivity index (χ4n) is 3.38. The minimum atomic E-state index is -0.228. The second-order valence-corrected chi connectivity index (χ2v) is 7.86. The number of hydrogen-bond acceptors (Lipinski definition) is 4. The Morgan fingerprint density at radius 2 is 1.52 bits per heavy atom. The maximum absolute atomic E-state index is 11.2. The zero-order valence-corrected chi connectivity index (χ0v) is 19.5. The fourth-order valence-corrected chi connectivity index (χ4v) is 3.62. The van der Waals surface area contributed by atoms with Crippen LogP contribution in [-0.4, -0.2) is 27.2 Å². The lowest BCUT2D eigenvalue weighted by atomic mass is 9.88. The van der Waals surface area contributed by atoms with E-state index in [2.05, 4.69) is 19.1 Å². The highest BCUT2D eigenvalue weighted by Gasteiger charge is 2.13. The molecule has 0 aliphatic heterocycles. The van der Waals surface area contributed by atoms with E-state index in [-0.39, 0.29) is 9.66 Å². The number of hydrazine groups is 1. The van der Waals surface area contributed by atoms with Gasteiger partial charge in [-0.25, -0.2) is 5.84 Å². The summed E-state index contributed by atoms with van der Waals surface area (Å²) in [6.07, 6.45) is 0.856. The number of nitrogens with zero attached hydrogens (tertiary/aromatic N) is 1. The Kier molecular flexibility index (Phi) is 8.08. The molecular weight excluding hydrogens is 503 g/mol. The summed E-state index contributed by atoms with van der Waals surface area (Å²) < 4.78 is 5.50. The van der Waals surface area contributed by atoms with Crippen LogP contribution in [0.3, 0.4) is 0 Å². The van der Waals surface area contributed by atoms with Crippen LogP contribution in [0.4, 0.5) is 4.79 Å². The highest BCUT2D eigenvalue weighted by Crippen LogP contribution is 2.35. The van der Waals surface area contributed by atoms with Gasteiger partial charge in [0.2, 0.25) is 0 Å². The zero-order chi connectivity index (χ0) is 22.2. The third-order valence-electron chi connectivity index (χ3n) is 4.90. The van der Waals surface area contributed by atoms with E-state index in [0.29, 0.717) is 18.9 Å². The lowest BCUT2D eigenvalue weighted by molar-refractivity contribution is 0.208. The molecule has 3 aromatic carbocycles. The van der Waals surface area contributed by atoms with Gasteiger partial charge in [-0.3, -0.25) is 9.80 Å². The number of hydrogen-bond donors (Lipinski definition) is 2. The van der Waals surface area contributed by atoms with Gasteiger partial charge in [-0.1, -0.05) is 61.5 Å². The van der Waals surface area contributed by atoms with Crippen LogP contribution in [0.1, 0.15) is 30.0 Å². The average molecular weight is 528 g/mol. The maximum atomic E-state index is 11.2. The van der Waals surface area contributed by atoms with Crippen molar-refractivity contribution in [2.45, 2.75) is 13.3 Å². The molecule has 0 unspecified atom stereocenters. The Morgan fingerprint density at radius 3 is 2.06 bits per heavy atom. The third kappa shape index (κ3) is 6.08. The van der Waals surface area contributed by atoms with Gasteiger partial charge in [-0.15, -0.1) is 0 Å². The van der Waals surface area contributed by atoms with Crippen LogP contribution in [0.25, 0.3) is 11.1 Å². The quantitative estimate of drug-likeness (QED) is 0.0730. The standard InChI is InChI=1S/C25H25IN2O3/c1-2-23(18-6-4-3-5-7-18)24(19-8-12-21(29)13-9-19)20-10-14-22(15-11-20)31-17-16-28(27)25(26)30/h3-15,29H,2,16-17,27H2,1H3/b24-23-. The Bertz CT molecular complexity index is 1030. The molecule has 3 rings (SSSR count). The van der Waals surface area contributed by atoms with Crippen LogP contribution in [0.2, 0.25) is 0 Å². The largest absolute Gasteiger partial charge is 0.508 e. The van der Waals surface area contributed by atoms with Gasteiger partial charge in [0, 0.05) is 22.6 Å². The number of amides is 1. The monoisotopic (exact) mass is 528 g/mol. The summed E-state index contributed by atoms with van der Waals surface area (Å²) in [6, 6.07) is 25.5. The number of halogens is 1. The number of aromatic hydroxyl groups is 1. The predicted octanol–water partition coefficient (Wildman–Crippen LogP) is 5.87. The summed E-state index contributed by atoms with van der Waals surface area (Å²) in [4.78, 5) is 11.2. The van der Waals surface area contributed by atoms with Crippen molar-refractivity contribution in [3.05, 3.63) is 95.6 Å². The Labute approximate surface area is 196 Å². The van der Waals surface area contributed by atoms with Crippen molar-refractivity contribution in [3.8, 4) is 11.5 Å². The molecule has 0 aromatic heterocycles. The Morgan fingerprint density at radius 1 is 0.935 bits per heavy atom. The number of phenolic OH excluding ortho intramolecular Hbond substituents is 1. The van der Waals surface area contributed by atoms with E-state index < -0.39 is 0 Å². The van der Waals surface area contributed by atoms with Crippen molar-refractivity contribution in [3.63, 3.8) is 0 Å². The minimum absolute atomic E-state index is 0.228. The van der Waals surface area contributed by atoms with E-state index in [9.17, 15) is 9.90 Å². The molecule has 0 atom stereocenters. The molecule has 0 radical (unpaired) electrons. The lowest BCUT2D eigenvalue weighted by Gasteiger charge is -2.17. The van der Waals surface area contributed by atoms with E-state index in [0.717, 1.165) is 28.1 Å². The molecule has 3 N–H and O–H groups in total. The molecule has 160 valence electrons. The second-order valence-electron chi connectivity index (χ2n) is 6.94. The lowest BCUT2D eigenvalue weighted by Crippen LogP contribution is -2.36. The average Bonchev–Trinajstić information content (AvgIpc) is 2.79. The number of rotatable bonds is 8. The summed E-state index contributed by atoms with van der Waals surface area (Å²) in [5.41, 5.74) is 5.59. The summed E-state index contributed by atoms with van der Waals surface area (Å²) >= 11 is 1.64. The summed E-state index contributed by atoms with van der Waals surface area (Å²) in [5.74, 6) is 6.54. The van der Waals surface area contributed by atoms with E-state index in [1.807, 2.05) is 54.6 Å². The van der Waals surface area contributed by atoms with Gasteiger partial charge in [-0.05, 0) is 58.5 Å². The van der Waals surface area contributed by atoms with Crippen LogP contribution >= 0.6 is 22.6 Å². The van der Waals surface area contributed by atoms with Crippen molar-refractivity contribution in [2.75, 3.05) is 13.2 Å². The number of benzene rings is 3. The highest BCUT2D eigenvalue weighted by molar-refractivity contribution is 14.1. The number of carbonyl (C=O) groups is 1. The van der Waals surface area contributed by atoms with E-state index in [4.69, 9.17) is 10.6 Å². The van der Waals surface area contributed by atoms with Gasteiger partial charge in [0.25, 0.3) is 3.91 Å². The number of phenols is 1. The molecule has 31 heavy (non-hydrogen) atoms. The van der Waals surface area contributed by atoms with E-state index >= 15 is 0 Å². The van der Waals surface area contributed by atoms with E-state index in [1.165, 1.54) is 11.1 Å². The first kappa shape index (κ1) is 22.8. The molecule has 3 aromatic rings. The van der Waals surface area contributed by atoms with Gasteiger partial charge in [0.05, 0.1) is 6.54 Å². The number of nitrogens with two attached hydrogens (primary N) is 1. The molecule has 0 saturated carbocycles. The van der Waals surface area contributed by atoms with Crippen LogP contribution < -0.4 is 10.6 Å². The second kappa shape index (κ2) is 11.0. The number of ether oxygens (including phenoxy) is 1. The maximum Gasteiger partial charge on any atom is 0.297 e. The minimum Gasteiger partial charge on any atom is -0.508 e. The first-order chi connectivity index (χ1) is 15.0. The zero-order valence-electron chi connectivity index (χ0n) is 17.3. The Balaban J connectivity index is 1.94. The van der Waals surface area contributed by atoms with Crippen molar-refractivity contribution < 1.29 is 14.6 Å². The molecule has 0 aliphatic carbocycles. The van der Waals surface area contributed by atoms with Gasteiger partial charge in [0.1, 0.15) is 18.1 Å². The van der Waals surface area contributed by atoms with Crippen molar-refractivity contribution in [1.29, 1.82) is 0 Å². The van der Waals surface area contributed by atoms with Gasteiger partial charge in [0.15, 0.2) is 0 Å². The molecule has 0 spiro atoms. The molecule has 0 heterocycles. The summed E-state index contributed by atoms with van der Waals surface area (Å²) in [6.45, 7) is 2.78. The summed E-state index contributed by atoms with van der Waals surface area (Å²) in [7, 11) is 0. The Hall–Kier alpha value is -2.84. The molecular formula is C25H25IN2O3. The molecule has 6 heteroatoms. The first-order valence-electron chi connectivity index (χ1n) is 10.0. The highest BCUT2D eigenvalue weighted by atomic mass is 127. The van der Waals surface area contributed by atoms with E-state index in [1.54, 1.807) is 34.7 Å². The van der Waals surface area contributed by atoms with Crippen LogP contribution in [-0.2, 0) is 0 Å². The number of carbonyl (C=O) groups excluding carboxylic acids is 1. The molecule has 0 saturated heterocycles. The fraction of sp³-hybridized carbons (Fsp3) is 0.160. The van der Waals surface area contributed by atoms with Gasteiger partial charge >= 0.3 is 0 Å². The van der Waals surface area contributed by atoms with Crippen molar-refractivity contribution in [1.82, 2.24) is 5.01 Å². The normalized spacial score (nSPS) is 11.6. The van der Waals surface area contributed by atoms with Crippen molar-refractivity contribution >= 4 is 37.7 Å². The van der Waals surface area contributed by atoms with Gasteiger partial charge < -0.3 is 9.84 Å². The SMILES string of the molecule is CC/C(=C(\c1ccc(O)cc1)c1ccc(OCCN(N)C(=O)I)cc1)c1ccccc1. The van der Waals surface area contributed by atoms with Crippen LogP contribution in [0, 0.1) is 0 Å². The molecule has 0 aliphatic rings. The number of allylic oxidation sites excluding steroid dienone is 1. The van der Waals surface area contributed by atoms with Crippen LogP contribution in [0.5, 0.6) is 11.5 Å². The molecule has 1 amide bonds. The molecule has 5 nitrogen and oxygen atoms in total. The van der Waals surface area contributed by atoms with Crippen molar-refractivity contribution in [2.24, 2.45) is 5.84 Å². The summed E-state index contributed by atoms with van der Waals surface area (Å²) in [5, 5.41) is 10.9. The molecule has 0 bridgehead atoms. The predicted molar refractivity (Wildman–Crippen MR) is 133 cm³/mol. The third-order valence-corrected chi connectivity index (χ3v) is 5.52. The van der Waals surface area contributed by atoms with Gasteiger partial charge in [-0.2, -0.15) is 0 Å². The smallest absolute Gasteiger partial charge is 0.297 e. The topological polar surface area (TPSA) is 75.8 Å².